The molecule has 0 amide bonds. The van der Waals surface area contributed by atoms with Crippen molar-refractivity contribution in [2.24, 2.45) is 0 Å². The lowest BCUT2D eigenvalue weighted by atomic mass is 9.88. The molecule has 9 aromatic rings. The summed E-state index contributed by atoms with van der Waals surface area (Å²) in [5, 5.41) is 2.41. The zero-order chi connectivity index (χ0) is 34.5. The predicted octanol–water partition coefficient (Wildman–Crippen LogP) is 12.0. The summed E-state index contributed by atoms with van der Waals surface area (Å²) in [5.41, 5.74) is 11.2. The van der Waals surface area contributed by atoms with Crippen molar-refractivity contribution in [2.45, 2.75) is 26.2 Å². The van der Waals surface area contributed by atoms with E-state index in [-0.39, 0.29) is 5.41 Å². The Labute approximate surface area is 297 Å². The second kappa shape index (κ2) is 12.1. The van der Waals surface area contributed by atoms with E-state index in [9.17, 15) is 0 Å². The Morgan fingerprint density at radius 3 is 1.82 bits per heavy atom. The van der Waals surface area contributed by atoms with E-state index in [1.54, 1.807) is 0 Å². The maximum absolute atomic E-state index is 4.92. The predicted molar refractivity (Wildman–Crippen MR) is 213 cm³/mol. The molecule has 0 bridgehead atoms. The normalized spacial score (nSPS) is 11.8. The molecule has 0 saturated carbocycles. The van der Waals surface area contributed by atoms with Crippen molar-refractivity contribution in [3.05, 3.63) is 182 Å². The standard InChI is InChI=1S/C46H38N5/c1-46(2,3)33-27-28-47-45(29-33)51-41-22-11-10-21-39(41)40-26-25-38(31-44(40)51)50(35-17-8-5-9-18-35)37-20-14-19-36(30-37)49-32-48(34-15-6-4-7-16-34)42-23-12-13-24-43(42)49/h4-32H,1-3H3/q+1. The Morgan fingerprint density at radius 2 is 1.08 bits per heavy atom. The molecular formula is C46H38N5+. The summed E-state index contributed by atoms with van der Waals surface area (Å²) in [4.78, 5) is 7.27. The minimum Gasteiger partial charge on any atom is -0.310 e. The average molecular weight is 661 g/mol. The van der Waals surface area contributed by atoms with Crippen molar-refractivity contribution in [1.29, 1.82) is 0 Å². The lowest BCUT2D eigenvalue weighted by molar-refractivity contribution is 0.588. The van der Waals surface area contributed by atoms with Crippen LogP contribution >= 0.6 is 0 Å². The van der Waals surface area contributed by atoms with Crippen molar-refractivity contribution < 1.29 is 0 Å². The average Bonchev–Trinajstić information content (AvgIpc) is 3.72. The first-order valence-corrected chi connectivity index (χ1v) is 17.5. The molecule has 0 spiro atoms. The zero-order valence-corrected chi connectivity index (χ0v) is 29.0. The summed E-state index contributed by atoms with van der Waals surface area (Å²) >= 11 is 0. The molecule has 3 aromatic heterocycles. The SMILES string of the molecule is CC(C)(C)c1ccnc(-n2c3ccccc3c3ccc(N(c4ccccc4)c4cccc(-n5[cH+]n(-c6ccccc6)c6ccccc65)c4)cc32)c1. The van der Waals surface area contributed by atoms with E-state index in [1.807, 2.05) is 6.20 Å². The number of imidazole rings is 1. The van der Waals surface area contributed by atoms with Crippen LogP contribution in [0.1, 0.15) is 26.3 Å². The highest BCUT2D eigenvalue weighted by atomic mass is 15.2. The fourth-order valence-corrected chi connectivity index (χ4v) is 7.27. The van der Waals surface area contributed by atoms with Gasteiger partial charge in [-0.3, -0.25) is 4.57 Å². The molecule has 0 aliphatic rings. The van der Waals surface area contributed by atoms with Crippen molar-refractivity contribution in [1.82, 2.24) is 18.7 Å². The van der Waals surface area contributed by atoms with Crippen LogP contribution in [0.25, 0.3) is 50.0 Å². The van der Waals surface area contributed by atoms with Gasteiger partial charge in [0, 0.05) is 46.5 Å². The first kappa shape index (κ1) is 30.6. The summed E-state index contributed by atoms with van der Waals surface area (Å²) in [7, 11) is 0. The van der Waals surface area contributed by atoms with Gasteiger partial charge >= 0.3 is 0 Å². The van der Waals surface area contributed by atoms with E-state index < -0.39 is 0 Å². The molecule has 0 aliphatic heterocycles. The van der Waals surface area contributed by atoms with Gasteiger partial charge in [-0.15, -0.1) is 0 Å². The van der Waals surface area contributed by atoms with Crippen LogP contribution in [0.4, 0.5) is 17.1 Å². The maximum Gasteiger partial charge on any atom is 0.168 e. The van der Waals surface area contributed by atoms with Gasteiger partial charge in [0.15, 0.2) is 17.4 Å². The number of anilines is 3. The molecular weight excluding hydrogens is 623 g/mol. The lowest BCUT2D eigenvalue weighted by Crippen LogP contribution is -2.12. The molecule has 0 radical (unpaired) electrons. The maximum atomic E-state index is 4.92. The van der Waals surface area contributed by atoms with E-state index in [1.165, 1.54) is 16.3 Å². The zero-order valence-electron chi connectivity index (χ0n) is 29.0. The molecule has 0 saturated heterocycles. The van der Waals surface area contributed by atoms with E-state index in [2.05, 4.69) is 209 Å². The molecule has 0 N–H and O–H groups in total. The first-order chi connectivity index (χ1) is 24.9. The Hall–Kier alpha value is -6.46. The number of pyridine rings is 1. The van der Waals surface area contributed by atoms with Crippen molar-refractivity contribution in [3.8, 4) is 17.2 Å². The second-order valence-electron chi connectivity index (χ2n) is 14.1. The lowest BCUT2D eigenvalue weighted by Gasteiger charge is -2.26. The van der Waals surface area contributed by atoms with Crippen LogP contribution < -0.4 is 4.90 Å². The highest BCUT2D eigenvalue weighted by Gasteiger charge is 2.22. The van der Waals surface area contributed by atoms with E-state index in [0.29, 0.717) is 0 Å². The van der Waals surface area contributed by atoms with E-state index >= 15 is 0 Å². The molecule has 246 valence electrons. The van der Waals surface area contributed by atoms with Gasteiger partial charge in [0.25, 0.3) is 0 Å². The summed E-state index contributed by atoms with van der Waals surface area (Å²) < 4.78 is 6.85. The molecule has 3 heterocycles. The number of hydrogen-bond donors (Lipinski definition) is 0. The minimum absolute atomic E-state index is 0.00213. The van der Waals surface area contributed by atoms with Gasteiger partial charge < -0.3 is 4.90 Å². The number of nitrogens with zero attached hydrogens (tertiary/aromatic N) is 5. The van der Waals surface area contributed by atoms with Crippen LogP contribution in [0.3, 0.4) is 0 Å². The molecule has 51 heavy (non-hydrogen) atoms. The molecule has 9 rings (SSSR count). The molecule has 0 atom stereocenters. The molecule has 0 aliphatic carbocycles. The summed E-state index contributed by atoms with van der Waals surface area (Å²) in [6.07, 6.45) is 4.13. The summed E-state index contributed by atoms with van der Waals surface area (Å²) in [6.45, 7) is 6.75. The summed E-state index contributed by atoms with van der Waals surface area (Å²) in [6, 6.07) is 58.4. The van der Waals surface area contributed by atoms with Crippen LogP contribution in [0.5, 0.6) is 0 Å². The fourth-order valence-electron chi connectivity index (χ4n) is 7.27. The topological polar surface area (TPSA) is 30.9 Å². The highest BCUT2D eigenvalue weighted by Crippen LogP contribution is 2.40. The summed E-state index contributed by atoms with van der Waals surface area (Å²) in [5.74, 6) is 0.922. The Kier molecular flexibility index (Phi) is 7.29. The molecule has 5 nitrogen and oxygen atoms in total. The Morgan fingerprint density at radius 1 is 0.490 bits per heavy atom. The smallest absolute Gasteiger partial charge is 0.168 e. The van der Waals surface area contributed by atoms with Crippen LogP contribution in [0.2, 0.25) is 0 Å². The van der Waals surface area contributed by atoms with Crippen LogP contribution in [-0.2, 0) is 5.41 Å². The van der Waals surface area contributed by atoms with Crippen LogP contribution in [0.15, 0.2) is 176 Å². The number of fused-ring (bicyclic) bond motifs is 4. The van der Waals surface area contributed by atoms with E-state index in [0.717, 1.165) is 56.3 Å². The second-order valence-corrected chi connectivity index (χ2v) is 14.1. The molecule has 0 fully saturated rings. The number of para-hydroxylation sites is 5. The first-order valence-electron chi connectivity index (χ1n) is 17.5. The highest BCUT2D eigenvalue weighted by molar-refractivity contribution is 6.10. The number of hydrogen-bond acceptors (Lipinski definition) is 2. The van der Waals surface area contributed by atoms with Gasteiger partial charge in [-0.25, -0.2) is 4.98 Å². The Bertz CT molecular complexity index is 2680. The third kappa shape index (κ3) is 5.35. The third-order valence-electron chi connectivity index (χ3n) is 9.80. The van der Waals surface area contributed by atoms with Crippen molar-refractivity contribution in [2.75, 3.05) is 4.90 Å². The largest absolute Gasteiger partial charge is 0.310 e. The van der Waals surface area contributed by atoms with Gasteiger partial charge in [-0.05, 0) is 77.7 Å². The van der Waals surface area contributed by atoms with E-state index in [4.69, 9.17) is 4.98 Å². The van der Waals surface area contributed by atoms with Gasteiger partial charge in [0.05, 0.1) is 16.7 Å². The number of aromatic nitrogens is 4. The monoisotopic (exact) mass is 660 g/mol. The number of benzene rings is 6. The third-order valence-corrected chi connectivity index (χ3v) is 9.80. The van der Waals surface area contributed by atoms with Crippen LogP contribution in [-0.4, -0.2) is 18.7 Å². The van der Waals surface area contributed by atoms with Crippen molar-refractivity contribution in [3.63, 3.8) is 0 Å². The Balaban J connectivity index is 1.24. The van der Waals surface area contributed by atoms with Gasteiger partial charge in [-0.2, -0.15) is 9.13 Å². The molecule has 0 unspecified atom stereocenters. The molecule has 5 heteroatoms. The molecule has 6 aromatic carbocycles. The van der Waals surface area contributed by atoms with Crippen LogP contribution in [0, 0.1) is 0 Å². The van der Waals surface area contributed by atoms with Crippen molar-refractivity contribution >= 4 is 49.9 Å². The van der Waals surface area contributed by atoms with Gasteiger partial charge in [0.2, 0.25) is 0 Å². The van der Waals surface area contributed by atoms with Gasteiger partial charge in [0.1, 0.15) is 17.2 Å². The quantitative estimate of drug-likeness (QED) is 0.166. The fraction of sp³-hybridized carbons (Fsp3) is 0.0870. The van der Waals surface area contributed by atoms with Gasteiger partial charge in [-0.1, -0.05) is 99.6 Å². The minimum atomic E-state index is 0.00213. The number of rotatable bonds is 6.